The summed E-state index contributed by atoms with van der Waals surface area (Å²) in [6, 6.07) is 5.73. The van der Waals surface area contributed by atoms with Gasteiger partial charge in [-0.3, -0.25) is 4.68 Å². The highest BCUT2D eigenvalue weighted by molar-refractivity contribution is 7.89. The normalized spacial score (nSPS) is 13.3. The van der Waals surface area contributed by atoms with E-state index < -0.39 is 10.0 Å². The molecule has 0 saturated heterocycles. The number of hydrogen-bond acceptors (Lipinski definition) is 3. The van der Waals surface area contributed by atoms with E-state index in [9.17, 15) is 8.42 Å². The molecule has 0 aliphatic carbocycles. The molecule has 0 radical (unpaired) electrons. The van der Waals surface area contributed by atoms with E-state index in [0.717, 1.165) is 17.8 Å². The molecule has 21 heavy (non-hydrogen) atoms. The minimum absolute atomic E-state index is 0.194. The topological polar surface area (TPSA) is 64.0 Å². The number of nitrogens with zero attached hydrogens (tertiary/aromatic N) is 2. The predicted molar refractivity (Wildman–Crippen MR) is 82.8 cm³/mol. The van der Waals surface area contributed by atoms with Gasteiger partial charge in [-0.2, -0.15) is 5.10 Å². The zero-order valence-corrected chi connectivity index (χ0v) is 13.7. The first-order chi connectivity index (χ1) is 9.83. The number of aryl methyl sites for hydroxylation is 2. The van der Waals surface area contributed by atoms with Crippen molar-refractivity contribution in [3.8, 4) is 0 Å². The Morgan fingerprint density at radius 2 is 1.95 bits per heavy atom. The van der Waals surface area contributed by atoms with Gasteiger partial charge in [-0.25, -0.2) is 13.1 Å². The van der Waals surface area contributed by atoms with Gasteiger partial charge in [0, 0.05) is 29.4 Å². The SMILES string of the molecule is CCn1cc(C(C)NS(=O)(=O)c2ccc(Cl)cc2)c(C)n1. The van der Waals surface area contributed by atoms with Crippen LogP contribution in [-0.2, 0) is 16.6 Å². The van der Waals surface area contributed by atoms with Gasteiger partial charge in [-0.05, 0) is 45.0 Å². The Morgan fingerprint density at radius 3 is 2.48 bits per heavy atom. The monoisotopic (exact) mass is 327 g/mol. The van der Waals surface area contributed by atoms with Crippen molar-refractivity contribution in [1.82, 2.24) is 14.5 Å². The molecular formula is C14H18ClN3O2S. The van der Waals surface area contributed by atoms with Crippen LogP contribution in [0.15, 0.2) is 35.4 Å². The third-order valence-corrected chi connectivity index (χ3v) is 5.04. The van der Waals surface area contributed by atoms with Gasteiger partial charge in [0.1, 0.15) is 0 Å². The highest BCUT2D eigenvalue weighted by atomic mass is 35.5. The number of sulfonamides is 1. The fourth-order valence-electron chi connectivity index (χ4n) is 2.10. The first-order valence-corrected chi connectivity index (χ1v) is 8.51. The van der Waals surface area contributed by atoms with E-state index in [1.807, 2.05) is 20.0 Å². The summed E-state index contributed by atoms with van der Waals surface area (Å²) in [5, 5.41) is 4.83. The summed E-state index contributed by atoms with van der Waals surface area (Å²) in [6.45, 7) is 6.41. The first-order valence-electron chi connectivity index (χ1n) is 6.65. The number of rotatable bonds is 5. The molecule has 1 heterocycles. The van der Waals surface area contributed by atoms with E-state index in [4.69, 9.17) is 11.6 Å². The maximum Gasteiger partial charge on any atom is 0.241 e. The average Bonchev–Trinajstić information content (AvgIpc) is 2.80. The fourth-order valence-corrected chi connectivity index (χ4v) is 3.45. The number of halogens is 1. The molecule has 114 valence electrons. The van der Waals surface area contributed by atoms with Gasteiger partial charge < -0.3 is 0 Å². The average molecular weight is 328 g/mol. The largest absolute Gasteiger partial charge is 0.272 e. The molecule has 0 fully saturated rings. The zero-order valence-electron chi connectivity index (χ0n) is 12.2. The molecule has 1 N–H and O–H groups in total. The van der Waals surface area contributed by atoms with Gasteiger partial charge in [0.15, 0.2) is 0 Å². The molecule has 1 aromatic carbocycles. The Morgan fingerprint density at radius 1 is 1.33 bits per heavy atom. The Kier molecular flexibility index (Phi) is 4.70. The molecule has 1 atom stereocenters. The Hall–Kier alpha value is -1.37. The maximum atomic E-state index is 12.3. The summed E-state index contributed by atoms with van der Waals surface area (Å²) >= 11 is 5.78. The minimum Gasteiger partial charge on any atom is -0.272 e. The van der Waals surface area contributed by atoms with Crippen molar-refractivity contribution < 1.29 is 8.42 Å². The summed E-state index contributed by atoms with van der Waals surface area (Å²) in [5.74, 6) is 0. The molecule has 5 nitrogen and oxygen atoms in total. The van der Waals surface area contributed by atoms with Crippen molar-refractivity contribution in [3.63, 3.8) is 0 Å². The van der Waals surface area contributed by atoms with Crippen LogP contribution >= 0.6 is 11.6 Å². The lowest BCUT2D eigenvalue weighted by Crippen LogP contribution is -2.27. The number of nitrogens with one attached hydrogen (secondary N) is 1. The zero-order chi connectivity index (χ0) is 15.6. The van der Waals surface area contributed by atoms with E-state index >= 15 is 0 Å². The van der Waals surface area contributed by atoms with E-state index in [-0.39, 0.29) is 10.9 Å². The van der Waals surface area contributed by atoms with E-state index in [2.05, 4.69) is 9.82 Å². The Labute approximate surface area is 130 Å². The van der Waals surface area contributed by atoms with E-state index in [1.54, 1.807) is 23.7 Å². The summed E-state index contributed by atoms with van der Waals surface area (Å²) in [6.07, 6.45) is 1.87. The van der Waals surface area contributed by atoms with Gasteiger partial charge in [0.05, 0.1) is 10.6 Å². The maximum absolute atomic E-state index is 12.3. The summed E-state index contributed by atoms with van der Waals surface area (Å²) in [5.41, 5.74) is 1.69. The second-order valence-electron chi connectivity index (χ2n) is 4.82. The molecule has 7 heteroatoms. The molecule has 0 aliphatic rings. The minimum atomic E-state index is -3.58. The Bertz CT molecular complexity index is 723. The standard InChI is InChI=1S/C14H18ClN3O2S/c1-4-18-9-14(10(2)16-18)11(3)17-21(19,20)13-7-5-12(15)6-8-13/h5-9,11,17H,4H2,1-3H3. The lowest BCUT2D eigenvalue weighted by atomic mass is 10.1. The van der Waals surface area contributed by atoms with Gasteiger partial charge in [0.25, 0.3) is 0 Å². The molecule has 0 saturated carbocycles. The lowest BCUT2D eigenvalue weighted by Gasteiger charge is -2.13. The molecule has 0 bridgehead atoms. The van der Waals surface area contributed by atoms with Crippen LogP contribution in [0.5, 0.6) is 0 Å². The molecule has 2 aromatic rings. The molecule has 0 spiro atoms. The van der Waals surface area contributed by atoms with Crippen LogP contribution in [0.2, 0.25) is 5.02 Å². The van der Waals surface area contributed by atoms with Crippen LogP contribution in [-0.4, -0.2) is 18.2 Å². The van der Waals surface area contributed by atoms with Gasteiger partial charge in [0.2, 0.25) is 10.0 Å². The first kappa shape index (κ1) is 16.0. The Balaban J connectivity index is 2.23. The second kappa shape index (κ2) is 6.17. The van der Waals surface area contributed by atoms with Crippen molar-refractivity contribution in [2.75, 3.05) is 0 Å². The predicted octanol–water partition coefficient (Wildman–Crippen LogP) is 2.90. The van der Waals surface area contributed by atoms with Gasteiger partial charge in [-0.1, -0.05) is 11.6 Å². The highest BCUT2D eigenvalue weighted by Crippen LogP contribution is 2.20. The van der Waals surface area contributed by atoms with E-state index in [0.29, 0.717) is 5.02 Å². The molecule has 1 aromatic heterocycles. The van der Waals surface area contributed by atoms with Crippen molar-refractivity contribution in [1.29, 1.82) is 0 Å². The van der Waals surface area contributed by atoms with Crippen LogP contribution in [0, 0.1) is 6.92 Å². The second-order valence-corrected chi connectivity index (χ2v) is 6.97. The van der Waals surface area contributed by atoms with Crippen molar-refractivity contribution in [2.24, 2.45) is 0 Å². The van der Waals surface area contributed by atoms with Crippen molar-refractivity contribution in [2.45, 2.75) is 38.3 Å². The third-order valence-electron chi connectivity index (χ3n) is 3.23. The summed E-state index contributed by atoms with van der Waals surface area (Å²) < 4.78 is 29.1. The summed E-state index contributed by atoms with van der Waals surface area (Å²) in [4.78, 5) is 0.194. The fraction of sp³-hybridized carbons (Fsp3) is 0.357. The van der Waals surface area contributed by atoms with Crippen LogP contribution in [0.1, 0.15) is 31.1 Å². The van der Waals surface area contributed by atoms with E-state index in [1.165, 1.54) is 12.1 Å². The lowest BCUT2D eigenvalue weighted by molar-refractivity contribution is 0.566. The number of aromatic nitrogens is 2. The number of hydrogen-bond donors (Lipinski definition) is 1. The van der Waals surface area contributed by atoms with Crippen LogP contribution in [0.3, 0.4) is 0 Å². The van der Waals surface area contributed by atoms with Crippen LogP contribution < -0.4 is 4.72 Å². The quantitative estimate of drug-likeness (QED) is 0.918. The van der Waals surface area contributed by atoms with Crippen molar-refractivity contribution in [3.05, 3.63) is 46.7 Å². The van der Waals surface area contributed by atoms with Crippen LogP contribution in [0.25, 0.3) is 0 Å². The van der Waals surface area contributed by atoms with Gasteiger partial charge in [-0.15, -0.1) is 0 Å². The number of benzene rings is 1. The summed E-state index contributed by atoms with van der Waals surface area (Å²) in [7, 11) is -3.58. The van der Waals surface area contributed by atoms with Crippen molar-refractivity contribution >= 4 is 21.6 Å². The third kappa shape index (κ3) is 3.64. The molecular weight excluding hydrogens is 310 g/mol. The molecule has 0 aliphatic heterocycles. The molecule has 0 amide bonds. The van der Waals surface area contributed by atoms with Crippen LogP contribution in [0.4, 0.5) is 0 Å². The highest BCUT2D eigenvalue weighted by Gasteiger charge is 2.20. The molecule has 1 unspecified atom stereocenters. The smallest absolute Gasteiger partial charge is 0.241 e. The van der Waals surface area contributed by atoms with Gasteiger partial charge >= 0.3 is 0 Å². The molecule has 2 rings (SSSR count).